The highest BCUT2D eigenvalue weighted by Crippen LogP contribution is 2.20. The van der Waals surface area contributed by atoms with Gasteiger partial charge in [-0.3, -0.25) is 14.0 Å². The third-order valence-electron chi connectivity index (χ3n) is 3.67. The Hall–Kier alpha value is -2.86. The Kier molecular flexibility index (Phi) is 4.72. The molecule has 0 aliphatic heterocycles. The molecular formula is C18H17ClN4O2. The molecule has 0 fully saturated rings. The molecule has 0 saturated carbocycles. The van der Waals surface area contributed by atoms with Crippen LogP contribution in [0.25, 0.3) is 5.65 Å². The first-order chi connectivity index (χ1) is 12.0. The minimum absolute atomic E-state index is 0.146. The van der Waals surface area contributed by atoms with E-state index in [-0.39, 0.29) is 11.8 Å². The molecular weight excluding hydrogens is 340 g/mol. The molecule has 2 N–H and O–H groups in total. The number of halogens is 1. The molecule has 0 saturated heterocycles. The van der Waals surface area contributed by atoms with Gasteiger partial charge in [0.05, 0.1) is 10.7 Å². The van der Waals surface area contributed by atoms with Gasteiger partial charge in [0.1, 0.15) is 11.3 Å². The summed E-state index contributed by atoms with van der Waals surface area (Å²) in [4.78, 5) is 28.3. The van der Waals surface area contributed by atoms with Crippen LogP contribution in [0, 0.1) is 0 Å². The van der Waals surface area contributed by atoms with Gasteiger partial charge in [-0.25, -0.2) is 4.98 Å². The van der Waals surface area contributed by atoms with Gasteiger partial charge in [0.15, 0.2) is 0 Å². The minimum Gasteiger partial charge on any atom is -0.326 e. The molecule has 0 atom stereocenters. The van der Waals surface area contributed by atoms with Crippen molar-refractivity contribution in [3.05, 3.63) is 59.0 Å². The largest absolute Gasteiger partial charge is 0.326 e. The number of imidazole rings is 1. The van der Waals surface area contributed by atoms with Crippen LogP contribution in [-0.2, 0) is 11.2 Å². The van der Waals surface area contributed by atoms with E-state index in [1.165, 1.54) is 6.92 Å². The van der Waals surface area contributed by atoms with Gasteiger partial charge in [-0.15, -0.1) is 0 Å². The van der Waals surface area contributed by atoms with Crippen molar-refractivity contribution < 1.29 is 9.59 Å². The van der Waals surface area contributed by atoms with E-state index in [2.05, 4.69) is 15.6 Å². The molecule has 3 aromatic rings. The Morgan fingerprint density at radius 2 is 1.72 bits per heavy atom. The lowest BCUT2D eigenvalue weighted by molar-refractivity contribution is -0.114. The fourth-order valence-electron chi connectivity index (χ4n) is 2.58. The first-order valence-corrected chi connectivity index (χ1v) is 8.21. The lowest BCUT2D eigenvalue weighted by atomic mass is 10.2. The first-order valence-electron chi connectivity index (χ1n) is 7.83. The van der Waals surface area contributed by atoms with Crippen LogP contribution in [0.3, 0.4) is 0 Å². The monoisotopic (exact) mass is 356 g/mol. The number of nitrogens with zero attached hydrogens (tertiary/aromatic N) is 2. The number of carbonyl (C=O) groups is 2. The maximum Gasteiger partial charge on any atom is 0.274 e. The summed E-state index contributed by atoms with van der Waals surface area (Å²) in [6.45, 7) is 3.39. The average molecular weight is 357 g/mol. The van der Waals surface area contributed by atoms with E-state index >= 15 is 0 Å². The second-order valence-electron chi connectivity index (χ2n) is 5.55. The van der Waals surface area contributed by atoms with Crippen LogP contribution < -0.4 is 10.6 Å². The second-order valence-corrected chi connectivity index (χ2v) is 5.99. The van der Waals surface area contributed by atoms with Gasteiger partial charge in [0, 0.05) is 24.5 Å². The quantitative estimate of drug-likeness (QED) is 0.747. The van der Waals surface area contributed by atoms with Crippen molar-refractivity contribution in [3.63, 3.8) is 0 Å². The number of aromatic nitrogens is 2. The average Bonchev–Trinajstić information content (AvgIpc) is 2.94. The second kappa shape index (κ2) is 6.94. The van der Waals surface area contributed by atoms with E-state index in [0.29, 0.717) is 39.9 Å². The zero-order valence-electron chi connectivity index (χ0n) is 13.8. The third kappa shape index (κ3) is 3.64. The number of aryl methyl sites for hydroxylation is 1. The van der Waals surface area contributed by atoms with E-state index in [1.807, 2.05) is 6.92 Å². The summed E-state index contributed by atoms with van der Waals surface area (Å²) < 4.78 is 1.70. The zero-order valence-corrected chi connectivity index (χ0v) is 14.6. The van der Waals surface area contributed by atoms with Crippen LogP contribution in [0.15, 0.2) is 42.6 Å². The van der Waals surface area contributed by atoms with Gasteiger partial charge in [-0.2, -0.15) is 0 Å². The molecule has 1 aromatic carbocycles. The molecule has 2 amide bonds. The number of hydrogen-bond donors (Lipinski definition) is 2. The van der Waals surface area contributed by atoms with Crippen LogP contribution in [0.1, 0.15) is 30.0 Å². The highest BCUT2D eigenvalue weighted by molar-refractivity contribution is 6.30. The van der Waals surface area contributed by atoms with Crippen LogP contribution >= 0.6 is 11.6 Å². The van der Waals surface area contributed by atoms with Crippen molar-refractivity contribution in [1.29, 1.82) is 0 Å². The Morgan fingerprint density at radius 1 is 1.08 bits per heavy atom. The van der Waals surface area contributed by atoms with E-state index in [0.717, 1.165) is 0 Å². The molecule has 3 rings (SSSR count). The summed E-state index contributed by atoms with van der Waals surface area (Å²) in [5, 5.41) is 6.07. The highest BCUT2D eigenvalue weighted by atomic mass is 35.5. The number of benzene rings is 1. The Labute approximate surface area is 149 Å². The summed E-state index contributed by atoms with van der Waals surface area (Å²) in [6.07, 6.45) is 2.31. The van der Waals surface area contributed by atoms with Crippen molar-refractivity contribution >= 4 is 40.4 Å². The van der Waals surface area contributed by atoms with Gasteiger partial charge in [0.25, 0.3) is 5.91 Å². The summed E-state index contributed by atoms with van der Waals surface area (Å²) in [6, 6.07) is 10.4. The molecule has 0 aliphatic rings. The molecule has 0 unspecified atom stereocenters. The predicted molar refractivity (Wildman–Crippen MR) is 98.3 cm³/mol. The Bertz CT molecular complexity index is 948. The number of pyridine rings is 1. The summed E-state index contributed by atoms with van der Waals surface area (Å²) in [7, 11) is 0. The molecule has 128 valence electrons. The van der Waals surface area contributed by atoms with Crippen molar-refractivity contribution in [2.45, 2.75) is 20.3 Å². The predicted octanol–water partition coefficient (Wildman–Crippen LogP) is 3.76. The maximum atomic E-state index is 12.8. The molecule has 6 nitrogen and oxygen atoms in total. The lowest BCUT2D eigenvalue weighted by Gasteiger charge is -2.08. The number of anilines is 2. The van der Waals surface area contributed by atoms with Gasteiger partial charge in [-0.1, -0.05) is 18.5 Å². The minimum atomic E-state index is -0.265. The topological polar surface area (TPSA) is 75.5 Å². The van der Waals surface area contributed by atoms with Gasteiger partial charge >= 0.3 is 0 Å². The Balaban J connectivity index is 1.89. The summed E-state index contributed by atoms with van der Waals surface area (Å²) >= 11 is 6.05. The van der Waals surface area contributed by atoms with Crippen LogP contribution in [-0.4, -0.2) is 21.2 Å². The number of amides is 2. The lowest BCUT2D eigenvalue weighted by Crippen LogP contribution is -2.16. The molecule has 7 heteroatoms. The fraction of sp³-hybridized carbons (Fsp3) is 0.167. The molecule has 0 bridgehead atoms. The number of nitrogens with one attached hydrogen (secondary N) is 2. The summed E-state index contributed by atoms with van der Waals surface area (Å²) in [5.41, 5.74) is 3.13. The Morgan fingerprint density at radius 3 is 2.32 bits per heavy atom. The molecule has 2 heterocycles. The maximum absolute atomic E-state index is 12.8. The van der Waals surface area contributed by atoms with Gasteiger partial charge in [-0.05, 0) is 42.8 Å². The normalized spacial score (nSPS) is 10.7. The van der Waals surface area contributed by atoms with Crippen LogP contribution in [0.5, 0.6) is 0 Å². The van der Waals surface area contributed by atoms with Gasteiger partial charge in [0.2, 0.25) is 5.91 Å². The molecule has 0 spiro atoms. The van der Waals surface area contributed by atoms with Crippen molar-refractivity contribution in [2.75, 3.05) is 10.6 Å². The highest BCUT2D eigenvalue weighted by Gasteiger charge is 2.18. The van der Waals surface area contributed by atoms with E-state index in [4.69, 9.17) is 11.6 Å². The van der Waals surface area contributed by atoms with Gasteiger partial charge < -0.3 is 10.6 Å². The molecule has 0 aliphatic carbocycles. The van der Waals surface area contributed by atoms with E-state index in [1.54, 1.807) is 47.0 Å². The third-order valence-corrected chi connectivity index (χ3v) is 3.89. The van der Waals surface area contributed by atoms with Crippen molar-refractivity contribution in [2.24, 2.45) is 0 Å². The molecule has 0 radical (unpaired) electrons. The van der Waals surface area contributed by atoms with Crippen molar-refractivity contribution in [1.82, 2.24) is 9.38 Å². The number of fused-ring (bicyclic) bond motifs is 1. The standard InChI is InChI=1S/C18H17ClN4O2/c1-3-15-17(23-10-12(19)4-9-16(23)22-15)18(25)21-14-7-5-13(6-8-14)20-11(2)24/h4-10H,3H2,1-2H3,(H,20,24)(H,21,25). The molecule has 25 heavy (non-hydrogen) atoms. The SMILES string of the molecule is CCc1nc2ccc(Cl)cn2c1C(=O)Nc1ccc(NC(C)=O)cc1. The van der Waals surface area contributed by atoms with Crippen LogP contribution in [0.2, 0.25) is 5.02 Å². The first kappa shape index (κ1) is 17.0. The number of carbonyl (C=O) groups excluding carboxylic acids is 2. The van der Waals surface area contributed by atoms with E-state index < -0.39 is 0 Å². The number of hydrogen-bond acceptors (Lipinski definition) is 3. The number of rotatable bonds is 4. The fourth-order valence-corrected chi connectivity index (χ4v) is 2.75. The molecule has 2 aromatic heterocycles. The van der Waals surface area contributed by atoms with Crippen molar-refractivity contribution in [3.8, 4) is 0 Å². The summed E-state index contributed by atoms with van der Waals surface area (Å²) in [5.74, 6) is -0.411. The zero-order chi connectivity index (χ0) is 18.0. The van der Waals surface area contributed by atoms with Crippen LogP contribution in [0.4, 0.5) is 11.4 Å². The smallest absolute Gasteiger partial charge is 0.274 e. The van der Waals surface area contributed by atoms with E-state index in [9.17, 15) is 9.59 Å².